The summed E-state index contributed by atoms with van der Waals surface area (Å²) in [4.78, 5) is 36.6. The summed E-state index contributed by atoms with van der Waals surface area (Å²) < 4.78 is 12.5. The Hall–Kier alpha value is -2.60. The second kappa shape index (κ2) is 10.8. The molecule has 0 N–H and O–H groups in total. The van der Waals surface area contributed by atoms with Crippen molar-refractivity contribution in [1.82, 2.24) is 4.90 Å². The van der Waals surface area contributed by atoms with E-state index in [-0.39, 0.29) is 23.4 Å². The fraction of sp³-hybridized carbons (Fsp3) is 0.273. The van der Waals surface area contributed by atoms with Crippen molar-refractivity contribution in [1.29, 1.82) is 0 Å². The minimum atomic E-state index is -0.448. The van der Waals surface area contributed by atoms with Crippen LogP contribution >= 0.6 is 34.4 Å². The van der Waals surface area contributed by atoms with Gasteiger partial charge in [-0.1, -0.05) is 6.92 Å². The molecule has 2 aromatic rings. The van der Waals surface area contributed by atoms with Gasteiger partial charge in [-0.3, -0.25) is 24.6 Å². The number of non-ortho nitro benzene ring substituents is 1. The fourth-order valence-electron chi connectivity index (χ4n) is 3.01. The van der Waals surface area contributed by atoms with Gasteiger partial charge in [-0.15, -0.1) is 0 Å². The molecule has 2 aromatic carbocycles. The number of carbonyl (C=O) groups is 2. The predicted octanol–water partition coefficient (Wildman–Crippen LogP) is 5.62. The van der Waals surface area contributed by atoms with Gasteiger partial charge in [0.1, 0.15) is 6.61 Å². The zero-order valence-electron chi connectivity index (χ0n) is 17.5. The average molecular weight is 568 g/mol. The van der Waals surface area contributed by atoms with Crippen molar-refractivity contribution in [3.05, 3.63) is 66.1 Å². The van der Waals surface area contributed by atoms with Crippen molar-refractivity contribution in [2.45, 2.75) is 26.9 Å². The number of thioether (sulfide) groups is 1. The SMILES string of the molecule is CCCN1C(=O)S/C(=C/c2cc(I)c(OCc3ccc([N+](=O)[O-])cc3)c(OCC)c2)C1=O. The summed E-state index contributed by atoms with van der Waals surface area (Å²) in [6, 6.07) is 9.77. The zero-order chi connectivity index (χ0) is 23.3. The molecule has 0 radical (unpaired) electrons. The summed E-state index contributed by atoms with van der Waals surface area (Å²) in [6.07, 6.45) is 2.39. The number of benzene rings is 2. The van der Waals surface area contributed by atoms with E-state index in [9.17, 15) is 19.7 Å². The van der Waals surface area contributed by atoms with Crippen molar-refractivity contribution in [2.75, 3.05) is 13.2 Å². The van der Waals surface area contributed by atoms with Gasteiger partial charge in [0, 0.05) is 18.7 Å². The molecular weight excluding hydrogens is 547 g/mol. The largest absolute Gasteiger partial charge is 0.490 e. The molecule has 32 heavy (non-hydrogen) atoms. The van der Waals surface area contributed by atoms with Crippen LogP contribution in [0.4, 0.5) is 10.5 Å². The van der Waals surface area contributed by atoms with E-state index in [2.05, 4.69) is 22.6 Å². The molecule has 1 aliphatic rings. The molecule has 0 spiro atoms. The first-order valence-corrected chi connectivity index (χ1v) is 11.8. The van der Waals surface area contributed by atoms with E-state index in [0.29, 0.717) is 36.0 Å². The molecule has 0 aliphatic carbocycles. The minimum Gasteiger partial charge on any atom is -0.490 e. The molecule has 0 bridgehead atoms. The lowest BCUT2D eigenvalue weighted by atomic mass is 10.1. The Morgan fingerprint density at radius 2 is 1.88 bits per heavy atom. The number of halogens is 1. The number of amides is 2. The van der Waals surface area contributed by atoms with Gasteiger partial charge in [0.15, 0.2) is 11.5 Å². The van der Waals surface area contributed by atoms with Crippen molar-refractivity contribution in [3.63, 3.8) is 0 Å². The second-order valence-electron chi connectivity index (χ2n) is 6.81. The molecule has 0 saturated carbocycles. The van der Waals surface area contributed by atoms with E-state index in [4.69, 9.17) is 9.47 Å². The van der Waals surface area contributed by atoms with Crippen LogP contribution in [0.15, 0.2) is 41.3 Å². The zero-order valence-corrected chi connectivity index (χ0v) is 20.5. The van der Waals surface area contributed by atoms with E-state index < -0.39 is 4.92 Å². The maximum atomic E-state index is 12.5. The standard InChI is InChI=1S/C22H21IN2O6S/c1-3-9-24-21(26)19(32-22(24)27)12-15-10-17(23)20(18(11-15)30-4-2)31-13-14-5-7-16(8-6-14)25(28)29/h5-8,10-12H,3-4,9,13H2,1-2H3/b19-12+. The van der Waals surface area contributed by atoms with E-state index in [0.717, 1.165) is 26.5 Å². The highest BCUT2D eigenvalue weighted by molar-refractivity contribution is 14.1. The Bertz CT molecular complexity index is 1070. The molecule has 8 nitrogen and oxygen atoms in total. The molecule has 0 unspecified atom stereocenters. The first kappa shape index (κ1) is 24.1. The summed E-state index contributed by atoms with van der Waals surface area (Å²) in [6.45, 7) is 4.80. The third-order valence-electron chi connectivity index (χ3n) is 4.48. The van der Waals surface area contributed by atoms with Gasteiger partial charge in [0.2, 0.25) is 0 Å². The molecule has 168 valence electrons. The molecule has 1 aliphatic heterocycles. The van der Waals surface area contributed by atoms with Crippen LogP contribution in [-0.4, -0.2) is 34.1 Å². The highest BCUT2D eigenvalue weighted by Crippen LogP contribution is 2.38. The summed E-state index contributed by atoms with van der Waals surface area (Å²) >= 11 is 3.06. The van der Waals surface area contributed by atoms with Crippen LogP contribution in [0.3, 0.4) is 0 Å². The predicted molar refractivity (Wildman–Crippen MR) is 131 cm³/mol. The fourth-order valence-corrected chi connectivity index (χ4v) is 4.66. The quantitative estimate of drug-likeness (QED) is 0.168. The molecule has 3 rings (SSSR count). The Balaban J connectivity index is 1.82. The van der Waals surface area contributed by atoms with Crippen LogP contribution in [0, 0.1) is 13.7 Å². The van der Waals surface area contributed by atoms with Gasteiger partial charge in [0.05, 0.1) is 20.0 Å². The highest BCUT2D eigenvalue weighted by atomic mass is 127. The molecule has 1 fully saturated rings. The molecule has 1 saturated heterocycles. The monoisotopic (exact) mass is 568 g/mol. The molecular formula is C22H21IN2O6S. The number of imide groups is 1. The maximum Gasteiger partial charge on any atom is 0.293 e. The first-order chi connectivity index (χ1) is 15.3. The normalized spacial score (nSPS) is 14.8. The lowest BCUT2D eigenvalue weighted by Crippen LogP contribution is -2.28. The molecule has 0 aromatic heterocycles. The average Bonchev–Trinajstić information content (AvgIpc) is 3.01. The summed E-state index contributed by atoms with van der Waals surface area (Å²) in [5, 5.41) is 10.5. The Labute approximate surface area is 203 Å². The number of nitrogens with zero attached hydrogens (tertiary/aromatic N) is 2. The van der Waals surface area contributed by atoms with Crippen molar-refractivity contribution in [2.24, 2.45) is 0 Å². The number of ether oxygens (including phenoxy) is 2. The Morgan fingerprint density at radius 1 is 1.16 bits per heavy atom. The van der Waals surface area contributed by atoms with Crippen LogP contribution in [0.1, 0.15) is 31.4 Å². The van der Waals surface area contributed by atoms with Crippen LogP contribution in [0.2, 0.25) is 0 Å². The number of nitro groups is 1. The minimum absolute atomic E-state index is 0.0195. The van der Waals surface area contributed by atoms with Gasteiger partial charge in [-0.05, 0) is 89.2 Å². The first-order valence-electron chi connectivity index (χ1n) is 9.91. The van der Waals surface area contributed by atoms with Crippen molar-refractivity contribution >= 4 is 57.3 Å². The topological polar surface area (TPSA) is 99.0 Å². The smallest absolute Gasteiger partial charge is 0.293 e. The van der Waals surface area contributed by atoms with Gasteiger partial charge in [-0.2, -0.15) is 0 Å². The number of rotatable bonds is 9. The number of hydrogen-bond acceptors (Lipinski definition) is 7. The Morgan fingerprint density at radius 3 is 2.50 bits per heavy atom. The lowest BCUT2D eigenvalue weighted by molar-refractivity contribution is -0.384. The second-order valence-corrected chi connectivity index (χ2v) is 8.96. The lowest BCUT2D eigenvalue weighted by Gasteiger charge is -2.15. The van der Waals surface area contributed by atoms with Crippen LogP contribution in [0.25, 0.3) is 6.08 Å². The van der Waals surface area contributed by atoms with Crippen LogP contribution in [-0.2, 0) is 11.4 Å². The summed E-state index contributed by atoms with van der Waals surface area (Å²) in [5.41, 5.74) is 1.52. The summed E-state index contributed by atoms with van der Waals surface area (Å²) in [5.74, 6) is 0.774. The van der Waals surface area contributed by atoms with Gasteiger partial charge in [-0.25, -0.2) is 0 Å². The summed E-state index contributed by atoms with van der Waals surface area (Å²) in [7, 11) is 0. The third-order valence-corrected chi connectivity index (χ3v) is 6.19. The number of nitro benzene ring substituents is 1. The van der Waals surface area contributed by atoms with E-state index in [1.54, 1.807) is 24.3 Å². The molecule has 2 amide bonds. The van der Waals surface area contributed by atoms with Crippen LogP contribution in [0.5, 0.6) is 11.5 Å². The molecule has 10 heteroatoms. The third kappa shape index (κ3) is 5.60. The molecule has 1 heterocycles. The van der Waals surface area contributed by atoms with E-state index in [1.807, 2.05) is 19.9 Å². The Kier molecular flexibility index (Phi) is 8.13. The maximum absolute atomic E-state index is 12.5. The van der Waals surface area contributed by atoms with Crippen molar-refractivity contribution < 1.29 is 24.0 Å². The van der Waals surface area contributed by atoms with Crippen LogP contribution < -0.4 is 9.47 Å². The van der Waals surface area contributed by atoms with Crippen molar-refractivity contribution in [3.8, 4) is 11.5 Å². The number of hydrogen-bond donors (Lipinski definition) is 0. The van der Waals surface area contributed by atoms with Gasteiger partial charge in [0.25, 0.3) is 16.8 Å². The van der Waals surface area contributed by atoms with E-state index in [1.165, 1.54) is 17.0 Å². The number of carbonyl (C=O) groups excluding carboxylic acids is 2. The van der Waals surface area contributed by atoms with Gasteiger partial charge >= 0.3 is 0 Å². The highest BCUT2D eigenvalue weighted by Gasteiger charge is 2.34. The molecule has 0 atom stereocenters. The van der Waals surface area contributed by atoms with E-state index >= 15 is 0 Å². The van der Waals surface area contributed by atoms with Gasteiger partial charge < -0.3 is 9.47 Å².